The minimum atomic E-state index is -3.06. The van der Waals surface area contributed by atoms with E-state index in [0.29, 0.717) is 24.2 Å². The third-order valence-electron chi connectivity index (χ3n) is 4.94. The Morgan fingerprint density at radius 2 is 1.86 bits per heavy atom. The van der Waals surface area contributed by atoms with Crippen molar-refractivity contribution in [2.45, 2.75) is 25.1 Å². The molecule has 28 heavy (non-hydrogen) atoms. The van der Waals surface area contributed by atoms with Crippen LogP contribution in [-0.2, 0) is 5.60 Å². The number of amides is 1. The maximum absolute atomic E-state index is 12.8. The van der Waals surface area contributed by atoms with Crippen molar-refractivity contribution < 1.29 is 28.2 Å². The number of aliphatic hydroxyl groups is 1. The average Bonchev–Trinajstić information content (AvgIpc) is 2.68. The van der Waals surface area contributed by atoms with Crippen LogP contribution in [-0.4, -0.2) is 42.7 Å². The summed E-state index contributed by atoms with van der Waals surface area (Å²) < 4.78 is 35.1. The molecule has 0 aliphatic carbocycles. The zero-order chi connectivity index (χ0) is 20.3. The van der Waals surface area contributed by atoms with Gasteiger partial charge in [0.15, 0.2) is 0 Å². The van der Waals surface area contributed by atoms with Gasteiger partial charge in [0.25, 0.3) is 5.91 Å². The molecular weight excluding hydrogens is 370 g/mol. The standard InChI is InChI=1S/C20H22F2N2O4/c1-27-16-5-3-2-4-15(16)20(26)8-10-24(11-9-20)18(25)14-7-6-13(23)12-17(14)28-19(21)22/h2-7,12,19,26H,8-11,23H2,1H3. The Hall–Kier alpha value is -2.87. The molecule has 1 fully saturated rings. The smallest absolute Gasteiger partial charge is 0.387 e. The predicted octanol–water partition coefficient (Wildman–Crippen LogP) is 3.00. The molecule has 0 radical (unpaired) electrons. The van der Waals surface area contributed by atoms with E-state index in [2.05, 4.69) is 4.74 Å². The number of halogens is 2. The number of carbonyl (C=O) groups excluding carboxylic acids is 1. The van der Waals surface area contributed by atoms with Gasteiger partial charge in [-0.3, -0.25) is 4.79 Å². The molecule has 0 aromatic heterocycles. The number of rotatable bonds is 5. The van der Waals surface area contributed by atoms with Crippen molar-refractivity contribution in [3.05, 3.63) is 53.6 Å². The van der Waals surface area contributed by atoms with Crippen LogP contribution in [0.15, 0.2) is 42.5 Å². The molecule has 2 aromatic rings. The predicted molar refractivity (Wildman–Crippen MR) is 99.5 cm³/mol. The monoisotopic (exact) mass is 392 g/mol. The zero-order valence-corrected chi connectivity index (χ0v) is 15.4. The summed E-state index contributed by atoms with van der Waals surface area (Å²) >= 11 is 0. The summed E-state index contributed by atoms with van der Waals surface area (Å²) in [4.78, 5) is 14.3. The number of hydrogen-bond donors (Lipinski definition) is 2. The number of nitrogens with zero attached hydrogens (tertiary/aromatic N) is 1. The van der Waals surface area contributed by atoms with Gasteiger partial charge in [-0.15, -0.1) is 0 Å². The highest BCUT2D eigenvalue weighted by atomic mass is 19.3. The lowest BCUT2D eigenvalue weighted by Gasteiger charge is -2.39. The van der Waals surface area contributed by atoms with Crippen molar-refractivity contribution in [2.24, 2.45) is 0 Å². The van der Waals surface area contributed by atoms with Crippen LogP contribution >= 0.6 is 0 Å². The Balaban J connectivity index is 1.77. The second-order valence-electron chi connectivity index (χ2n) is 6.66. The van der Waals surface area contributed by atoms with Crippen molar-refractivity contribution >= 4 is 11.6 Å². The van der Waals surface area contributed by atoms with Gasteiger partial charge in [-0.25, -0.2) is 0 Å². The summed E-state index contributed by atoms with van der Waals surface area (Å²) in [5.74, 6) is -0.126. The number of nitrogens with two attached hydrogens (primary N) is 1. The molecule has 0 saturated carbocycles. The molecule has 3 rings (SSSR count). The van der Waals surface area contributed by atoms with E-state index in [-0.39, 0.29) is 30.1 Å². The minimum absolute atomic E-state index is 0.0113. The summed E-state index contributed by atoms with van der Waals surface area (Å²) in [6.07, 6.45) is 0.582. The van der Waals surface area contributed by atoms with Gasteiger partial charge in [0.2, 0.25) is 0 Å². The number of carbonyl (C=O) groups is 1. The van der Waals surface area contributed by atoms with Crippen molar-refractivity contribution in [1.82, 2.24) is 4.90 Å². The van der Waals surface area contributed by atoms with E-state index in [9.17, 15) is 18.7 Å². The van der Waals surface area contributed by atoms with Crippen LogP contribution in [0.1, 0.15) is 28.8 Å². The van der Waals surface area contributed by atoms with Crippen molar-refractivity contribution in [3.63, 3.8) is 0 Å². The Morgan fingerprint density at radius 1 is 1.18 bits per heavy atom. The second-order valence-corrected chi connectivity index (χ2v) is 6.66. The van der Waals surface area contributed by atoms with E-state index in [0.717, 1.165) is 0 Å². The molecule has 3 N–H and O–H groups in total. The fourth-order valence-corrected chi connectivity index (χ4v) is 3.46. The summed E-state index contributed by atoms with van der Waals surface area (Å²) in [6, 6.07) is 11.2. The van der Waals surface area contributed by atoms with Gasteiger partial charge in [-0.05, 0) is 31.0 Å². The molecule has 150 valence electrons. The van der Waals surface area contributed by atoms with Crippen molar-refractivity contribution in [2.75, 3.05) is 25.9 Å². The lowest BCUT2D eigenvalue weighted by molar-refractivity contribution is -0.0504. The second kappa shape index (κ2) is 8.02. The number of methoxy groups -OCH3 is 1. The van der Waals surface area contributed by atoms with Crippen LogP contribution in [0.25, 0.3) is 0 Å². The first-order valence-electron chi connectivity index (χ1n) is 8.83. The van der Waals surface area contributed by atoms with Gasteiger partial charge in [0.1, 0.15) is 11.5 Å². The third-order valence-corrected chi connectivity index (χ3v) is 4.94. The molecule has 0 bridgehead atoms. The Bertz CT molecular complexity index is 852. The molecule has 0 spiro atoms. The van der Waals surface area contributed by atoms with E-state index in [1.807, 2.05) is 12.1 Å². The summed E-state index contributed by atoms with van der Waals surface area (Å²) in [6.45, 7) is -2.55. The molecule has 1 amide bonds. The topological polar surface area (TPSA) is 85.0 Å². The molecule has 1 heterocycles. The van der Waals surface area contributed by atoms with E-state index < -0.39 is 18.1 Å². The normalized spacial score (nSPS) is 16.1. The number of anilines is 1. The fourth-order valence-electron chi connectivity index (χ4n) is 3.46. The summed E-state index contributed by atoms with van der Waals surface area (Å²) in [7, 11) is 1.53. The molecule has 0 atom stereocenters. The maximum Gasteiger partial charge on any atom is 0.387 e. The number of nitrogen functional groups attached to an aromatic ring is 1. The highest BCUT2D eigenvalue weighted by molar-refractivity contribution is 5.97. The highest BCUT2D eigenvalue weighted by Gasteiger charge is 2.38. The van der Waals surface area contributed by atoms with E-state index >= 15 is 0 Å². The van der Waals surface area contributed by atoms with Crippen LogP contribution in [0.4, 0.5) is 14.5 Å². The van der Waals surface area contributed by atoms with Gasteiger partial charge in [-0.1, -0.05) is 18.2 Å². The third kappa shape index (κ3) is 4.01. The zero-order valence-electron chi connectivity index (χ0n) is 15.4. The molecule has 6 nitrogen and oxygen atoms in total. The van der Waals surface area contributed by atoms with Crippen LogP contribution < -0.4 is 15.2 Å². The molecule has 0 unspecified atom stereocenters. The van der Waals surface area contributed by atoms with Gasteiger partial charge >= 0.3 is 6.61 Å². The quantitative estimate of drug-likeness (QED) is 0.764. The van der Waals surface area contributed by atoms with Crippen molar-refractivity contribution in [1.29, 1.82) is 0 Å². The Morgan fingerprint density at radius 3 is 2.50 bits per heavy atom. The first-order chi connectivity index (χ1) is 13.3. The molecule has 1 saturated heterocycles. The lowest BCUT2D eigenvalue weighted by atomic mass is 9.83. The SMILES string of the molecule is COc1ccccc1C1(O)CCN(C(=O)c2ccc(N)cc2OC(F)F)CC1. The number of para-hydroxylation sites is 1. The number of likely N-dealkylation sites (tertiary alicyclic amines) is 1. The van der Waals surface area contributed by atoms with Crippen LogP contribution in [0.5, 0.6) is 11.5 Å². The molecular formula is C20H22F2N2O4. The van der Waals surface area contributed by atoms with E-state index in [1.165, 1.54) is 30.2 Å². The summed E-state index contributed by atoms with van der Waals surface area (Å²) in [5, 5.41) is 11.1. The maximum atomic E-state index is 12.8. The van der Waals surface area contributed by atoms with Gasteiger partial charge in [0, 0.05) is 30.4 Å². The van der Waals surface area contributed by atoms with Crippen LogP contribution in [0.3, 0.4) is 0 Å². The number of piperidine rings is 1. The molecule has 2 aromatic carbocycles. The van der Waals surface area contributed by atoms with Crippen LogP contribution in [0, 0.1) is 0 Å². The molecule has 8 heteroatoms. The Kier molecular flexibility index (Phi) is 5.69. The van der Waals surface area contributed by atoms with Crippen LogP contribution in [0.2, 0.25) is 0 Å². The lowest BCUT2D eigenvalue weighted by Crippen LogP contribution is -2.45. The largest absolute Gasteiger partial charge is 0.496 e. The first-order valence-corrected chi connectivity index (χ1v) is 8.83. The number of hydrogen-bond acceptors (Lipinski definition) is 5. The summed E-state index contributed by atoms with van der Waals surface area (Å²) in [5.41, 5.74) is 5.38. The molecule has 1 aliphatic rings. The molecule has 1 aliphatic heterocycles. The Labute approximate surface area is 161 Å². The number of ether oxygens (including phenoxy) is 2. The average molecular weight is 392 g/mol. The van der Waals surface area contributed by atoms with E-state index in [1.54, 1.807) is 12.1 Å². The first kappa shape index (κ1) is 19.9. The highest BCUT2D eigenvalue weighted by Crippen LogP contribution is 2.38. The van der Waals surface area contributed by atoms with E-state index in [4.69, 9.17) is 10.5 Å². The van der Waals surface area contributed by atoms with Gasteiger partial charge in [-0.2, -0.15) is 8.78 Å². The number of alkyl halides is 2. The number of benzene rings is 2. The van der Waals surface area contributed by atoms with Gasteiger partial charge in [0.05, 0.1) is 18.3 Å². The minimum Gasteiger partial charge on any atom is -0.496 e. The fraction of sp³-hybridized carbons (Fsp3) is 0.350. The van der Waals surface area contributed by atoms with Crippen molar-refractivity contribution in [3.8, 4) is 11.5 Å². The van der Waals surface area contributed by atoms with Gasteiger partial charge < -0.3 is 25.2 Å².